The number of nitrogens with zero attached hydrogens (tertiary/aromatic N) is 2. The minimum Gasteiger partial charge on any atom is -0.342 e. The molecule has 1 aromatic carbocycles. The molecule has 2 aliphatic rings. The monoisotopic (exact) mass is 391 g/mol. The number of amides is 2. The van der Waals surface area contributed by atoms with Crippen LogP contribution in [0.25, 0.3) is 0 Å². The van der Waals surface area contributed by atoms with Gasteiger partial charge in [0, 0.05) is 47.8 Å². The fourth-order valence-electron chi connectivity index (χ4n) is 3.20. The zero-order valence-electron chi connectivity index (χ0n) is 13.1. The fraction of sp³-hybridized carbons (Fsp3) is 0.500. The van der Waals surface area contributed by atoms with Crippen molar-refractivity contribution in [2.45, 2.75) is 25.3 Å². The average Bonchev–Trinajstić information content (AvgIpc) is 2.88. The summed E-state index contributed by atoms with van der Waals surface area (Å²) in [4.78, 5) is 28.3. The van der Waals surface area contributed by atoms with Gasteiger partial charge < -0.3 is 15.5 Å². The first-order chi connectivity index (χ1) is 10.9. The van der Waals surface area contributed by atoms with Gasteiger partial charge in [-0.05, 0) is 31.0 Å². The van der Waals surface area contributed by atoms with Crippen LogP contribution in [0.2, 0.25) is 10.0 Å². The Morgan fingerprint density at radius 2 is 1.71 bits per heavy atom. The van der Waals surface area contributed by atoms with Gasteiger partial charge in [-0.1, -0.05) is 23.2 Å². The van der Waals surface area contributed by atoms with Crippen LogP contribution in [0, 0.1) is 5.92 Å². The van der Waals surface area contributed by atoms with Crippen molar-refractivity contribution in [3.8, 4) is 0 Å². The summed E-state index contributed by atoms with van der Waals surface area (Å²) in [7, 11) is 0. The predicted molar refractivity (Wildman–Crippen MR) is 98.0 cm³/mol. The Kier molecular flexibility index (Phi) is 6.37. The lowest BCUT2D eigenvalue weighted by Gasteiger charge is -2.31. The second-order valence-corrected chi connectivity index (χ2v) is 7.07. The first kappa shape index (κ1) is 19.3. The number of halogens is 3. The Labute approximate surface area is 157 Å². The molecule has 2 N–H and O–H groups in total. The van der Waals surface area contributed by atoms with Crippen molar-refractivity contribution in [3.05, 3.63) is 28.2 Å². The lowest BCUT2D eigenvalue weighted by Crippen LogP contribution is -2.45. The van der Waals surface area contributed by atoms with Gasteiger partial charge in [0.2, 0.25) is 11.8 Å². The summed E-state index contributed by atoms with van der Waals surface area (Å²) in [5.41, 5.74) is 6.52. The van der Waals surface area contributed by atoms with E-state index in [0.717, 1.165) is 12.8 Å². The maximum absolute atomic E-state index is 12.6. The van der Waals surface area contributed by atoms with Crippen molar-refractivity contribution in [2.75, 3.05) is 24.5 Å². The van der Waals surface area contributed by atoms with E-state index in [1.165, 1.54) is 0 Å². The molecule has 0 bridgehead atoms. The number of piperidine rings is 1. The molecule has 2 heterocycles. The van der Waals surface area contributed by atoms with Gasteiger partial charge in [-0.25, -0.2) is 0 Å². The minimum absolute atomic E-state index is 0. The van der Waals surface area contributed by atoms with Crippen molar-refractivity contribution in [1.29, 1.82) is 0 Å². The summed E-state index contributed by atoms with van der Waals surface area (Å²) in [6.45, 7) is 1.72. The molecule has 3 rings (SSSR count). The van der Waals surface area contributed by atoms with E-state index < -0.39 is 0 Å². The Bertz CT molecular complexity index is 613. The molecule has 132 valence electrons. The quantitative estimate of drug-likeness (QED) is 0.841. The number of carbonyl (C=O) groups excluding carboxylic acids is 2. The Hall–Kier alpha value is -1.01. The molecule has 2 amide bonds. The summed E-state index contributed by atoms with van der Waals surface area (Å²) in [5, 5.41) is 0.945. The number of carbonyl (C=O) groups is 2. The number of likely N-dealkylation sites (tertiary alicyclic amines) is 1. The maximum atomic E-state index is 12.6. The van der Waals surface area contributed by atoms with Crippen LogP contribution in [0.5, 0.6) is 0 Å². The Morgan fingerprint density at radius 3 is 2.29 bits per heavy atom. The summed E-state index contributed by atoms with van der Waals surface area (Å²) in [6, 6.07) is 5.18. The van der Waals surface area contributed by atoms with E-state index in [2.05, 4.69) is 0 Å². The van der Waals surface area contributed by atoms with Crippen LogP contribution >= 0.6 is 35.6 Å². The molecule has 24 heavy (non-hydrogen) atoms. The van der Waals surface area contributed by atoms with Gasteiger partial charge in [-0.3, -0.25) is 9.59 Å². The molecule has 1 atom stereocenters. The predicted octanol–water partition coefficient (Wildman–Crippen LogP) is 2.72. The highest BCUT2D eigenvalue weighted by Gasteiger charge is 2.38. The van der Waals surface area contributed by atoms with Gasteiger partial charge in [0.1, 0.15) is 0 Å². The van der Waals surface area contributed by atoms with Gasteiger partial charge in [0.05, 0.1) is 5.92 Å². The Balaban J connectivity index is 0.00000208. The van der Waals surface area contributed by atoms with Crippen molar-refractivity contribution in [1.82, 2.24) is 4.90 Å². The third-order valence-electron chi connectivity index (χ3n) is 4.48. The zero-order chi connectivity index (χ0) is 16.6. The van der Waals surface area contributed by atoms with Gasteiger partial charge in [0.25, 0.3) is 0 Å². The highest BCUT2D eigenvalue weighted by molar-refractivity contribution is 6.35. The van der Waals surface area contributed by atoms with E-state index in [4.69, 9.17) is 28.9 Å². The van der Waals surface area contributed by atoms with Gasteiger partial charge in [-0.2, -0.15) is 0 Å². The lowest BCUT2D eigenvalue weighted by atomic mass is 10.0. The highest BCUT2D eigenvalue weighted by atomic mass is 35.5. The molecule has 2 fully saturated rings. The molecule has 1 aromatic rings. The smallest absolute Gasteiger partial charge is 0.228 e. The number of nitrogens with two attached hydrogens (primary N) is 1. The van der Waals surface area contributed by atoms with E-state index in [9.17, 15) is 9.59 Å². The Morgan fingerprint density at radius 1 is 1.12 bits per heavy atom. The largest absolute Gasteiger partial charge is 0.342 e. The van der Waals surface area contributed by atoms with Crippen LogP contribution in [-0.2, 0) is 9.59 Å². The van der Waals surface area contributed by atoms with E-state index >= 15 is 0 Å². The highest BCUT2D eigenvalue weighted by Crippen LogP contribution is 2.31. The standard InChI is InChI=1S/C16H19Cl2N3O2.ClH/c17-11-6-12(18)8-14(7-11)21-9-10(5-15(21)22)16(23)20-3-1-13(19)2-4-20;/h6-8,10,13H,1-5,9,19H2;1H. The van der Waals surface area contributed by atoms with Crippen LogP contribution in [0.4, 0.5) is 5.69 Å². The zero-order valence-corrected chi connectivity index (χ0v) is 15.4. The minimum atomic E-state index is -0.311. The molecule has 0 saturated carbocycles. The normalized spacial score (nSPS) is 21.8. The summed E-state index contributed by atoms with van der Waals surface area (Å²) in [6.07, 6.45) is 1.87. The summed E-state index contributed by atoms with van der Waals surface area (Å²) in [5.74, 6) is -0.342. The van der Waals surface area contributed by atoms with E-state index in [1.54, 1.807) is 23.1 Å². The van der Waals surface area contributed by atoms with Crippen molar-refractivity contribution >= 4 is 53.1 Å². The van der Waals surface area contributed by atoms with Gasteiger partial charge in [0.15, 0.2) is 0 Å². The number of benzene rings is 1. The topological polar surface area (TPSA) is 66.6 Å². The molecule has 8 heteroatoms. The first-order valence-corrected chi connectivity index (χ1v) is 8.50. The van der Waals surface area contributed by atoms with Crippen LogP contribution in [0.3, 0.4) is 0 Å². The SMILES string of the molecule is Cl.NC1CCN(C(=O)C2CC(=O)N(c3cc(Cl)cc(Cl)c3)C2)CC1. The number of hydrogen-bond donors (Lipinski definition) is 1. The maximum Gasteiger partial charge on any atom is 0.228 e. The van der Waals surface area contributed by atoms with Crippen LogP contribution in [-0.4, -0.2) is 42.4 Å². The van der Waals surface area contributed by atoms with Gasteiger partial charge in [-0.15, -0.1) is 12.4 Å². The average molecular weight is 393 g/mol. The van der Waals surface area contributed by atoms with Crippen LogP contribution in [0.15, 0.2) is 18.2 Å². The summed E-state index contributed by atoms with van der Waals surface area (Å²) < 4.78 is 0. The third kappa shape index (κ3) is 4.14. The van der Waals surface area contributed by atoms with Crippen molar-refractivity contribution < 1.29 is 9.59 Å². The molecule has 0 aliphatic carbocycles. The third-order valence-corrected chi connectivity index (χ3v) is 4.92. The number of hydrogen-bond acceptors (Lipinski definition) is 3. The molecule has 2 saturated heterocycles. The molecule has 2 aliphatic heterocycles. The van der Waals surface area contributed by atoms with Crippen molar-refractivity contribution in [3.63, 3.8) is 0 Å². The molecular weight excluding hydrogens is 373 g/mol. The molecule has 5 nitrogen and oxygen atoms in total. The van der Waals surface area contributed by atoms with Crippen LogP contribution < -0.4 is 10.6 Å². The number of anilines is 1. The lowest BCUT2D eigenvalue weighted by molar-refractivity contribution is -0.136. The molecule has 1 unspecified atom stereocenters. The summed E-state index contributed by atoms with van der Waals surface area (Å²) >= 11 is 12.0. The second kappa shape index (κ2) is 7.91. The van der Waals surface area contributed by atoms with Gasteiger partial charge >= 0.3 is 0 Å². The fourth-order valence-corrected chi connectivity index (χ4v) is 3.71. The van der Waals surface area contributed by atoms with Crippen molar-refractivity contribution in [2.24, 2.45) is 11.7 Å². The molecule has 0 radical (unpaired) electrons. The molecule has 0 spiro atoms. The van der Waals surface area contributed by atoms with Crippen LogP contribution in [0.1, 0.15) is 19.3 Å². The van der Waals surface area contributed by atoms with E-state index in [1.807, 2.05) is 4.90 Å². The van der Waals surface area contributed by atoms with E-state index in [-0.39, 0.29) is 42.6 Å². The first-order valence-electron chi connectivity index (χ1n) is 7.75. The molecule has 0 aromatic heterocycles. The second-order valence-electron chi connectivity index (χ2n) is 6.20. The number of rotatable bonds is 2. The van der Waals surface area contributed by atoms with E-state index in [0.29, 0.717) is 35.4 Å². The molecular formula is C16H20Cl3N3O2.